The molecule has 25 heavy (non-hydrogen) atoms. The van der Waals surface area contributed by atoms with Gasteiger partial charge in [-0.05, 0) is 12.8 Å². The Morgan fingerprint density at radius 1 is 0.600 bits per heavy atom. The van der Waals surface area contributed by atoms with Gasteiger partial charge in [0.05, 0.1) is 0 Å². The molecule has 0 radical (unpaired) electrons. The summed E-state index contributed by atoms with van der Waals surface area (Å²) in [5.74, 6) is 0. The molecule has 0 bridgehead atoms. The van der Waals surface area contributed by atoms with E-state index in [0.717, 1.165) is 13.2 Å². The topological polar surface area (TPSA) is 95.5 Å². The summed E-state index contributed by atoms with van der Waals surface area (Å²) < 4.78 is 14.2. The van der Waals surface area contributed by atoms with Crippen molar-refractivity contribution in [3.05, 3.63) is 0 Å². The molecule has 0 fully saturated rings. The van der Waals surface area contributed by atoms with E-state index in [0.29, 0.717) is 0 Å². The first kappa shape index (κ1) is 40.3. The third-order valence-electron chi connectivity index (χ3n) is 3.28. The van der Waals surface area contributed by atoms with Crippen LogP contribution in [-0.4, -0.2) is 13.2 Å². The van der Waals surface area contributed by atoms with Crippen molar-refractivity contribution >= 4 is 7.82 Å². The second kappa shape index (κ2) is 33.6. The monoisotopic (exact) mass is 454 g/mol. The van der Waals surface area contributed by atoms with Crippen LogP contribution in [0.3, 0.4) is 0 Å². The zero-order valence-corrected chi connectivity index (χ0v) is 27.7. The fraction of sp³-hybridized carbons (Fsp3) is 1.00. The standard InChI is InChI=1S/C16H34O.3K.H3O4P/c1-3-5-7-9-11-13-15-17-16-14-12-10-8-6-4-2;;;;1-5(2,3)4/h3-16H2,1-2H3;;;;(H3,1,2,3,4)/q;3*+1;/p-3. The Morgan fingerprint density at radius 3 is 1.12 bits per heavy atom. The van der Waals surface area contributed by atoms with Gasteiger partial charge in [-0.3, -0.25) is 0 Å². The Labute approximate surface area is 283 Å². The minimum Gasteiger partial charge on any atom is -0.822 e. The minimum atomic E-state index is -5.39. The van der Waals surface area contributed by atoms with E-state index >= 15 is 0 Å². The van der Waals surface area contributed by atoms with E-state index in [9.17, 15) is 0 Å². The van der Waals surface area contributed by atoms with Crippen molar-refractivity contribution in [2.75, 3.05) is 13.2 Å². The maximum atomic E-state index is 8.55. The van der Waals surface area contributed by atoms with Gasteiger partial charge >= 0.3 is 154 Å². The third-order valence-corrected chi connectivity index (χ3v) is 3.28. The van der Waals surface area contributed by atoms with Crippen LogP contribution in [0.25, 0.3) is 0 Å². The van der Waals surface area contributed by atoms with Gasteiger partial charge < -0.3 is 24.0 Å². The molecule has 0 saturated heterocycles. The molecular weight excluding hydrogens is 420 g/mol. The van der Waals surface area contributed by atoms with Gasteiger partial charge in [-0.15, -0.1) is 0 Å². The van der Waals surface area contributed by atoms with Gasteiger partial charge in [0, 0.05) is 13.2 Å². The number of hydrogen-bond donors (Lipinski definition) is 0. The van der Waals surface area contributed by atoms with Crippen LogP contribution in [0.4, 0.5) is 0 Å². The molecule has 0 spiro atoms. The molecule has 136 valence electrons. The fourth-order valence-corrected chi connectivity index (χ4v) is 2.07. The molecule has 0 amide bonds. The van der Waals surface area contributed by atoms with Crippen molar-refractivity contribution < 1.29 is 178 Å². The molecular formula is C16H34K3O5P. The van der Waals surface area contributed by atoms with E-state index in [1.54, 1.807) is 0 Å². The van der Waals surface area contributed by atoms with E-state index in [4.69, 9.17) is 24.0 Å². The van der Waals surface area contributed by atoms with Crippen LogP contribution in [0.15, 0.2) is 0 Å². The molecule has 0 aromatic heterocycles. The van der Waals surface area contributed by atoms with Crippen LogP contribution in [0.5, 0.6) is 0 Å². The Morgan fingerprint density at radius 2 is 0.840 bits per heavy atom. The van der Waals surface area contributed by atoms with Crippen molar-refractivity contribution in [3.63, 3.8) is 0 Å². The molecule has 0 heterocycles. The molecule has 0 aromatic carbocycles. The van der Waals surface area contributed by atoms with Crippen molar-refractivity contribution in [3.8, 4) is 0 Å². The number of hydrogen-bond acceptors (Lipinski definition) is 5. The minimum absolute atomic E-state index is 0. The number of rotatable bonds is 14. The van der Waals surface area contributed by atoms with E-state index in [2.05, 4.69) is 13.8 Å². The van der Waals surface area contributed by atoms with Gasteiger partial charge in [0.1, 0.15) is 0 Å². The van der Waals surface area contributed by atoms with Crippen molar-refractivity contribution in [1.29, 1.82) is 0 Å². The van der Waals surface area contributed by atoms with E-state index in [1.807, 2.05) is 0 Å². The maximum absolute atomic E-state index is 8.55. The Kier molecular flexibility index (Phi) is 54.2. The molecule has 0 aromatic rings. The van der Waals surface area contributed by atoms with Gasteiger partial charge in [-0.1, -0.05) is 78.1 Å². The summed E-state index contributed by atoms with van der Waals surface area (Å²) in [5.41, 5.74) is 0. The molecule has 0 rings (SSSR count). The average Bonchev–Trinajstić information content (AvgIpc) is 2.42. The summed E-state index contributed by atoms with van der Waals surface area (Å²) in [6, 6.07) is 0. The van der Waals surface area contributed by atoms with E-state index in [1.165, 1.54) is 77.0 Å². The van der Waals surface area contributed by atoms with Gasteiger partial charge in [-0.2, -0.15) is 7.82 Å². The summed E-state index contributed by atoms with van der Waals surface area (Å²) in [7, 11) is -5.39. The molecule has 0 aliphatic heterocycles. The number of ether oxygens (including phenoxy) is 1. The summed E-state index contributed by atoms with van der Waals surface area (Å²) >= 11 is 0. The van der Waals surface area contributed by atoms with Gasteiger partial charge in [0.25, 0.3) is 0 Å². The first-order valence-electron chi connectivity index (χ1n) is 8.72. The van der Waals surface area contributed by atoms with Gasteiger partial charge in [0.15, 0.2) is 0 Å². The summed E-state index contributed by atoms with van der Waals surface area (Å²) in [5, 5.41) is 0. The quantitative estimate of drug-likeness (QED) is 0.148. The van der Waals surface area contributed by atoms with Crippen LogP contribution in [-0.2, 0) is 9.30 Å². The summed E-state index contributed by atoms with van der Waals surface area (Å²) in [4.78, 5) is 25.6. The second-order valence-electron chi connectivity index (χ2n) is 5.60. The van der Waals surface area contributed by atoms with Crippen LogP contribution in [0.1, 0.15) is 90.9 Å². The van der Waals surface area contributed by atoms with Crippen molar-refractivity contribution in [1.82, 2.24) is 0 Å². The van der Waals surface area contributed by atoms with Crippen molar-refractivity contribution in [2.45, 2.75) is 90.9 Å². The Hall–Kier alpha value is 4.98. The zero-order chi connectivity index (χ0) is 17.1. The average molecular weight is 455 g/mol. The van der Waals surface area contributed by atoms with Gasteiger partial charge in [0.2, 0.25) is 0 Å². The normalized spacial score (nSPS) is 9.80. The molecule has 0 aliphatic carbocycles. The van der Waals surface area contributed by atoms with E-state index in [-0.39, 0.29) is 154 Å². The van der Waals surface area contributed by atoms with Crippen LogP contribution >= 0.6 is 7.82 Å². The van der Waals surface area contributed by atoms with E-state index < -0.39 is 7.82 Å². The number of unbranched alkanes of at least 4 members (excludes halogenated alkanes) is 10. The third kappa shape index (κ3) is 58.6. The van der Waals surface area contributed by atoms with Gasteiger partial charge in [-0.25, -0.2) is 0 Å². The largest absolute Gasteiger partial charge is 1.00 e. The van der Waals surface area contributed by atoms with Crippen LogP contribution in [0, 0.1) is 0 Å². The van der Waals surface area contributed by atoms with Crippen molar-refractivity contribution in [2.24, 2.45) is 0 Å². The molecule has 9 heteroatoms. The number of phosphoric acid groups is 1. The first-order chi connectivity index (χ1) is 10.4. The maximum Gasteiger partial charge on any atom is 1.00 e. The Bertz CT molecular complexity index is 234. The first-order valence-corrected chi connectivity index (χ1v) is 10.2. The molecule has 5 nitrogen and oxygen atoms in total. The molecule has 0 unspecified atom stereocenters. The molecule has 0 N–H and O–H groups in total. The molecule has 0 aliphatic rings. The molecule has 0 saturated carbocycles. The predicted molar refractivity (Wildman–Crippen MR) is 85.2 cm³/mol. The zero-order valence-electron chi connectivity index (χ0n) is 17.4. The second-order valence-corrected chi connectivity index (χ2v) is 6.49. The smallest absolute Gasteiger partial charge is 0.822 e. The SMILES string of the molecule is CCCCCCCCOCCCCCCCC.O=P([O-])([O-])[O-].[K+].[K+].[K+]. The van der Waals surface area contributed by atoms with Crippen LogP contribution in [0.2, 0.25) is 0 Å². The molecule has 0 atom stereocenters. The fourth-order valence-electron chi connectivity index (χ4n) is 2.07. The Balaban J connectivity index is -0.000000147. The summed E-state index contributed by atoms with van der Waals surface area (Å²) in [6.45, 7) is 6.51. The van der Waals surface area contributed by atoms with Crippen LogP contribution < -0.4 is 169 Å². The summed E-state index contributed by atoms with van der Waals surface area (Å²) in [6.07, 6.45) is 16.3. The predicted octanol–water partition coefficient (Wildman–Crippen LogP) is -6.09.